The van der Waals surface area contributed by atoms with Crippen molar-refractivity contribution in [2.45, 2.75) is 58.1 Å². The third-order valence-electron chi connectivity index (χ3n) is 5.67. The standard InChI is InChI=1S/C22H32N2O8S/c1-22(2,3)14-12-16(25)23(20(14)29)8-6-18(27)31-10-5-11-32-19(28)7-9-24-17(26)13-15(33-4)21(24)30/h14-15H,5-13H2,1-4H3. The highest BCUT2D eigenvalue weighted by atomic mass is 32.2. The van der Waals surface area contributed by atoms with Gasteiger partial charge in [-0.25, -0.2) is 0 Å². The molecule has 2 rings (SSSR count). The van der Waals surface area contributed by atoms with E-state index in [1.165, 1.54) is 11.8 Å². The van der Waals surface area contributed by atoms with Crippen molar-refractivity contribution in [1.29, 1.82) is 0 Å². The smallest absolute Gasteiger partial charge is 0.307 e. The first-order chi connectivity index (χ1) is 15.5. The summed E-state index contributed by atoms with van der Waals surface area (Å²) in [5.41, 5.74) is -0.323. The van der Waals surface area contributed by atoms with Gasteiger partial charge in [0, 0.05) is 32.4 Å². The van der Waals surface area contributed by atoms with E-state index in [2.05, 4.69) is 0 Å². The fraction of sp³-hybridized carbons (Fsp3) is 0.727. The molecule has 0 aromatic carbocycles. The highest BCUT2D eigenvalue weighted by Gasteiger charge is 2.44. The number of thioether (sulfide) groups is 1. The molecular weight excluding hydrogens is 452 g/mol. The molecule has 184 valence electrons. The molecule has 2 fully saturated rings. The van der Waals surface area contributed by atoms with Crippen LogP contribution in [0.25, 0.3) is 0 Å². The van der Waals surface area contributed by atoms with Crippen LogP contribution in [0.5, 0.6) is 0 Å². The van der Waals surface area contributed by atoms with Crippen LogP contribution in [0.3, 0.4) is 0 Å². The molecule has 33 heavy (non-hydrogen) atoms. The number of rotatable bonds is 11. The first-order valence-corrected chi connectivity index (χ1v) is 12.3. The van der Waals surface area contributed by atoms with Crippen molar-refractivity contribution < 1.29 is 38.2 Å². The van der Waals surface area contributed by atoms with Crippen LogP contribution in [0.2, 0.25) is 0 Å². The van der Waals surface area contributed by atoms with Crippen molar-refractivity contribution in [2.75, 3.05) is 32.6 Å². The number of likely N-dealkylation sites (tertiary alicyclic amines) is 2. The van der Waals surface area contributed by atoms with Gasteiger partial charge in [-0.3, -0.25) is 38.6 Å². The van der Waals surface area contributed by atoms with Gasteiger partial charge in [0.1, 0.15) is 0 Å². The molecule has 0 aromatic heterocycles. The lowest BCUT2D eigenvalue weighted by molar-refractivity contribution is -0.146. The normalized spacial score (nSPS) is 21.2. The van der Waals surface area contributed by atoms with Crippen LogP contribution in [0.15, 0.2) is 0 Å². The summed E-state index contributed by atoms with van der Waals surface area (Å²) in [5.74, 6) is -2.58. The number of nitrogens with zero attached hydrogens (tertiary/aromatic N) is 2. The lowest BCUT2D eigenvalue weighted by atomic mass is 9.80. The molecule has 0 spiro atoms. The van der Waals surface area contributed by atoms with Crippen LogP contribution in [0.1, 0.15) is 52.9 Å². The van der Waals surface area contributed by atoms with Crippen molar-refractivity contribution in [3.63, 3.8) is 0 Å². The van der Waals surface area contributed by atoms with Crippen LogP contribution in [0.4, 0.5) is 0 Å². The zero-order chi connectivity index (χ0) is 24.8. The SMILES string of the molecule is CSC1CC(=O)N(CCC(=O)OCCCOC(=O)CCN2C(=O)CC(C(C)(C)C)C2=O)C1=O. The van der Waals surface area contributed by atoms with Gasteiger partial charge in [-0.1, -0.05) is 20.8 Å². The molecule has 10 nitrogen and oxygen atoms in total. The lowest BCUT2D eigenvalue weighted by Gasteiger charge is -2.24. The Morgan fingerprint density at radius 3 is 1.79 bits per heavy atom. The number of hydrogen-bond donors (Lipinski definition) is 0. The van der Waals surface area contributed by atoms with Gasteiger partial charge in [0.25, 0.3) is 0 Å². The Bertz CT molecular complexity index is 807. The van der Waals surface area contributed by atoms with Gasteiger partial charge >= 0.3 is 11.9 Å². The molecular formula is C22H32N2O8S. The van der Waals surface area contributed by atoms with Crippen molar-refractivity contribution in [3.8, 4) is 0 Å². The van der Waals surface area contributed by atoms with E-state index in [0.717, 1.165) is 9.80 Å². The maximum absolute atomic E-state index is 12.4. The zero-order valence-corrected chi connectivity index (χ0v) is 20.4. The van der Waals surface area contributed by atoms with Gasteiger partial charge in [0.15, 0.2) is 0 Å². The molecule has 2 unspecified atom stereocenters. The Balaban J connectivity index is 1.58. The number of carbonyl (C=O) groups is 6. The number of esters is 2. The Kier molecular flexibility index (Phi) is 9.45. The summed E-state index contributed by atoms with van der Waals surface area (Å²) < 4.78 is 10.1. The van der Waals surface area contributed by atoms with Crippen molar-refractivity contribution >= 4 is 47.3 Å². The summed E-state index contributed by atoms with van der Waals surface area (Å²) in [4.78, 5) is 74.2. The number of carbonyl (C=O) groups excluding carboxylic acids is 6. The fourth-order valence-electron chi connectivity index (χ4n) is 3.65. The second kappa shape index (κ2) is 11.6. The van der Waals surface area contributed by atoms with Gasteiger partial charge in [-0.05, 0) is 11.7 Å². The van der Waals surface area contributed by atoms with Crippen LogP contribution in [-0.2, 0) is 38.2 Å². The van der Waals surface area contributed by atoms with E-state index in [4.69, 9.17) is 9.47 Å². The molecule has 4 amide bonds. The topological polar surface area (TPSA) is 127 Å². The lowest BCUT2D eigenvalue weighted by Crippen LogP contribution is -2.35. The monoisotopic (exact) mass is 484 g/mol. The van der Waals surface area contributed by atoms with Gasteiger partial charge < -0.3 is 9.47 Å². The maximum atomic E-state index is 12.4. The summed E-state index contributed by atoms with van der Waals surface area (Å²) >= 11 is 1.31. The predicted octanol–water partition coefficient (Wildman–Crippen LogP) is 1.15. The van der Waals surface area contributed by atoms with E-state index in [1.807, 2.05) is 20.8 Å². The van der Waals surface area contributed by atoms with Gasteiger partial charge in [-0.15, -0.1) is 0 Å². The predicted molar refractivity (Wildman–Crippen MR) is 119 cm³/mol. The Morgan fingerprint density at radius 2 is 1.36 bits per heavy atom. The van der Waals surface area contributed by atoms with Crippen molar-refractivity contribution in [2.24, 2.45) is 11.3 Å². The Labute approximate surface area is 197 Å². The third kappa shape index (κ3) is 7.28. The molecule has 11 heteroatoms. The number of ether oxygens (including phenoxy) is 2. The van der Waals surface area contributed by atoms with Gasteiger partial charge in [0.05, 0.1) is 37.2 Å². The quantitative estimate of drug-likeness (QED) is 0.241. The molecule has 0 bridgehead atoms. The number of imide groups is 2. The van der Waals surface area contributed by atoms with Crippen molar-refractivity contribution in [3.05, 3.63) is 0 Å². The Hall–Kier alpha value is -2.43. The molecule has 0 N–H and O–H groups in total. The largest absolute Gasteiger partial charge is 0.465 e. The van der Waals surface area contributed by atoms with Crippen molar-refractivity contribution in [1.82, 2.24) is 9.80 Å². The summed E-state index contributed by atoms with van der Waals surface area (Å²) in [6.45, 7) is 5.74. The Morgan fingerprint density at radius 1 is 0.879 bits per heavy atom. The molecule has 0 aliphatic carbocycles. The summed E-state index contributed by atoms with van der Waals surface area (Å²) in [6, 6.07) is 0. The fourth-order valence-corrected chi connectivity index (χ4v) is 4.29. The minimum Gasteiger partial charge on any atom is -0.465 e. The van der Waals surface area contributed by atoms with E-state index >= 15 is 0 Å². The zero-order valence-electron chi connectivity index (χ0n) is 19.6. The molecule has 2 aliphatic rings. The van der Waals surface area contributed by atoms with Gasteiger partial charge in [-0.2, -0.15) is 11.8 Å². The minimum atomic E-state index is -0.547. The van der Waals surface area contributed by atoms with E-state index in [9.17, 15) is 28.8 Å². The average molecular weight is 485 g/mol. The second-order valence-electron chi connectivity index (χ2n) is 9.11. The van der Waals surface area contributed by atoms with Crippen LogP contribution < -0.4 is 0 Å². The van der Waals surface area contributed by atoms with Crippen LogP contribution >= 0.6 is 11.8 Å². The molecule has 0 radical (unpaired) electrons. The molecule has 0 aromatic rings. The number of amides is 4. The molecule has 2 atom stereocenters. The highest BCUT2D eigenvalue weighted by molar-refractivity contribution is 8.00. The second-order valence-corrected chi connectivity index (χ2v) is 10.2. The number of hydrogen-bond acceptors (Lipinski definition) is 9. The third-order valence-corrected chi connectivity index (χ3v) is 6.61. The molecule has 2 aliphatic heterocycles. The van der Waals surface area contributed by atoms with Crippen LogP contribution in [-0.4, -0.2) is 83.2 Å². The van der Waals surface area contributed by atoms with E-state index in [0.29, 0.717) is 0 Å². The molecule has 2 heterocycles. The highest BCUT2D eigenvalue weighted by Crippen LogP contribution is 2.35. The minimum absolute atomic E-state index is 0.00738. The maximum Gasteiger partial charge on any atom is 0.307 e. The first-order valence-electron chi connectivity index (χ1n) is 11.0. The van der Waals surface area contributed by atoms with Crippen LogP contribution in [0, 0.1) is 11.3 Å². The average Bonchev–Trinajstić information content (AvgIpc) is 3.18. The van der Waals surface area contributed by atoms with Gasteiger partial charge in [0.2, 0.25) is 23.6 Å². The summed E-state index contributed by atoms with van der Waals surface area (Å²) in [7, 11) is 0. The van der Waals surface area contributed by atoms with E-state index in [1.54, 1.807) is 6.26 Å². The molecule has 0 saturated carbocycles. The summed E-state index contributed by atoms with van der Waals surface area (Å²) in [6.07, 6.45) is 2.16. The summed E-state index contributed by atoms with van der Waals surface area (Å²) in [5, 5.41) is -0.384. The first kappa shape index (κ1) is 26.8. The molecule has 2 saturated heterocycles. The van der Waals surface area contributed by atoms with E-state index < -0.39 is 11.9 Å². The van der Waals surface area contributed by atoms with E-state index in [-0.39, 0.29) is 98.6 Å².